The number of hydrogen-bond acceptors (Lipinski definition) is 6. The normalized spacial score (nSPS) is 10.8. The zero-order valence-corrected chi connectivity index (χ0v) is 18.0. The van der Waals surface area contributed by atoms with Crippen molar-refractivity contribution in [3.8, 4) is 5.69 Å². The van der Waals surface area contributed by atoms with Crippen molar-refractivity contribution in [1.29, 1.82) is 0 Å². The maximum absolute atomic E-state index is 13.3. The largest absolute Gasteiger partial charge is 0.356 e. The molecule has 1 amide bonds. The Morgan fingerprint density at radius 2 is 1.96 bits per heavy atom. The minimum atomic E-state index is -0.343. The van der Waals surface area contributed by atoms with Gasteiger partial charge in [0, 0.05) is 25.6 Å². The predicted octanol–water partition coefficient (Wildman–Crippen LogP) is 3.88. The first kappa shape index (κ1) is 20.7. The van der Waals surface area contributed by atoms with Crippen LogP contribution >= 0.6 is 39.0 Å². The zero-order valence-electron chi connectivity index (χ0n) is 14.8. The lowest BCUT2D eigenvalue weighted by molar-refractivity contribution is -0.118. The van der Waals surface area contributed by atoms with Gasteiger partial charge in [0.2, 0.25) is 5.91 Å². The van der Waals surface area contributed by atoms with Crippen molar-refractivity contribution in [2.75, 3.05) is 12.3 Å². The van der Waals surface area contributed by atoms with Crippen LogP contribution in [0.2, 0.25) is 0 Å². The average molecular weight is 483 g/mol. The van der Waals surface area contributed by atoms with E-state index in [0.717, 1.165) is 3.79 Å². The molecule has 146 valence electrons. The zero-order chi connectivity index (χ0) is 20.1. The van der Waals surface area contributed by atoms with Crippen LogP contribution in [-0.4, -0.2) is 38.8 Å². The van der Waals surface area contributed by atoms with E-state index >= 15 is 0 Å². The third-order valence-electron chi connectivity index (χ3n) is 3.69. The van der Waals surface area contributed by atoms with E-state index < -0.39 is 0 Å². The fraction of sp³-hybridized carbons (Fsp3) is 0.222. The molecule has 0 fully saturated rings. The van der Waals surface area contributed by atoms with Crippen molar-refractivity contribution in [2.45, 2.75) is 18.5 Å². The second-order valence-electron chi connectivity index (χ2n) is 5.76. The lowest BCUT2D eigenvalue weighted by Gasteiger charge is -2.10. The summed E-state index contributed by atoms with van der Waals surface area (Å²) in [6.45, 7) is 1.85. The molecule has 3 aromatic rings. The molecule has 0 bridgehead atoms. The molecule has 2 aromatic heterocycles. The van der Waals surface area contributed by atoms with E-state index in [1.54, 1.807) is 22.8 Å². The molecular weight excluding hydrogens is 467 g/mol. The molecule has 0 saturated carbocycles. The van der Waals surface area contributed by atoms with Crippen LogP contribution in [-0.2, 0) is 11.2 Å². The van der Waals surface area contributed by atoms with E-state index in [2.05, 4.69) is 31.4 Å². The van der Waals surface area contributed by atoms with Gasteiger partial charge in [0.1, 0.15) is 11.6 Å². The number of Topliss-reactive ketones (excluding diaryl/α,β-unsaturated/α-hetero) is 1. The van der Waals surface area contributed by atoms with Crippen molar-refractivity contribution in [2.24, 2.45) is 0 Å². The molecule has 1 aromatic carbocycles. The highest BCUT2D eigenvalue weighted by Gasteiger charge is 2.17. The molecule has 2 heterocycles. The Bertz CT molecular complexity index is 988. The molecule has 0 atom stereocenters. The van der Waals surface area contributed by atoms with E-state index in [-0.39, 0.29) is 23.3 Å². The smallest absolute Gasteiger partial charge is 0.216 e. The van der Waals surface area contributed by atoms with Crippen molar-refractivity contribution in [3.05, 3.63) is 56.7 Å². The van der Waals surface area contributed by atoms with Crippen molar-refractivity contribution >= 4 is 50.7 Å². The Labute approximate surface area is 177 Å². The highest BCUT2D eigenvalue weighted by atomic mass is 79.9. The fourth-order valence-corrected chi connectivity index (χ4v) is 4.69. The van der Waals surface area contributed by atoms with Crippen LogP contribution in [0.5, 0.6) is 0 Å². The third-order valence-corrected chi connectivity index (χ3v) is 6.28. The number of nitrogens with one attached hydrogen (secondary N) is 1. The summed E-state index contributed by atoms with van der Waals surface area (Å²) in [6.07, 6.45) is 0.455. The molecule has 0 radical (unpaired) electrons. The Hall–Kier alpha value is -2.04. The van der Waals surface area contributed by atoms with E-state index in [1.807, 2.05) is 6.07 Å². The summed E-state index contributed by atoms with van der Waals surface area (Å²) in [7, 11) is 0. The van der Waals surface area contributed by atoms with Crippen LogP contribution in [0.3, 0.4) is 0 Å². The monoisotopic (exact) mass is 482 g/mol. The molecule has 0 aliphatic heterocycles. The lowest BCUT2D eigenvalue weighted by atomic mass is 10.3. The number of carbonyl (C=O) groups is 2. The molecule has 1 N–H and O–H groups in total. The fourth-order valence-electron chi connectivity index (χ4n) is 2.42. The summed E-state index contributed by atoms with van der Waals surface area (Å²) in [6, 6.07) is 9.59. The van der Waals surface area contributed by atoms with Gasteiger partial charge < -0.3 is 5.32 Å². The third kappa shape index (κ3) is 5.27. The Morgan fingerprint density at radius 1 is 1.21 bits per heavy atom. The minimum Gasteiger partial charge on any atom is -0.356 e. The van der Waals surface area contributed by atoms with Gasteiger partial charge in [-0.3, -0.25) is 14.2 Å². The van der Waals surface area contributed by atoms with Crippen LogP contribution in [0, 0.1) is 5.82 Å². The first-order valence-corrected chi connectivity index (χ1v) is 10.9. The molecule has 6 nitrogen and oxygen atoms in total. The van der Waals surface area contributed by atoms with Gasteiger partial charge in [-0.25, -0.2) is 4.39 Å². The van der Waals surface area contributed by atoms with Crippen LogP contribution < -0.4 is 5.32 Å². The van der Waals surface area contributed by atoms with Gasteiger partial charge in [-0.15, -0.1) is 21.5 Å². The standard InChI is InChI=1S/C18H16BrFN4O2S2/c1-11(25)21-9-8-17-22-23-18(24(17)13-4-2-12(20)3-5-13)27-10-14(26)15-6-7-16(19)28-15/h2-7H,8-10H2,1H3,(H,21,25). The van der Waals surface area contributed by atoms with Crippen molar-refractivity contribution in [1.82, 2.24) is 20.1 Å². The summed E-state index contributed by atoms with van der Waals surface area (Å²) >= 11 is 6.00. The van der Waals surface area contributed by atoms with Gasteiger partial charge in [0.25, 0.3) is 0 Å². The highest BCUT2D eigenvalue weighted by molar-refractivity contribution is 9.11. The molecular formula is C18H16BrFN4O2S2. The van der Waals surface area contributed by atoms with E-state index in [4.69, 9.17) is 0 Å². The summed E-state index contributed by atoms with van der Waals surface area (Å²) in [5, 5.41) is 11.6. The maximum Gasteiger partial charge on any atom is 0.216 e. The van der Waals surface area contributed by atoms with E-state index in [0.29, 0.717) is 34.5 Å². The van der Waals surface area contributed by atoms with Crippen LogP contribution in [0.1, 0.15) is 22.4 Å². The molecule has 0 aliphatic carbocycles. The molecule has 0 aliphatic rings. The topological polar surface area (TPSA) is 76.9 Å². The van der Waals surface area contributed by atoms with Gasteiger partial charge in [-0.05, 0) is 52.3 Å². The van der Waals surface area contributed by atoms with E-state index in [1.165, 1.54) is 42.2 Å². The number of rotatable bonds is 8. The van der Waals surface area contributed by atoms with Crippen LogP contribution in [0.4, 0.5) is 4.39 Å². The van der Waals surface area contributed by atoms with Crippen molar-refractivity contribution in [3.63, 3.8) is 0 Å². The first-order valence-electron chi connectivity index (χ1n) is 8.30. The summed E-state index contributed by atoms with van der Waals surface area (Å²) in [5.74, 6) is 0.348. The SMILES string of the molecule is CC(=O)NCCc1nnc(SCC(=O)c2ccc(Br)s2)n1-c1ccc(F)cc1. The lowest BCUT2D eigenvalue weighted by Crippen LogP contribution is -2.23. The Kier molecular flexibility index (Phi) is 6.97. The number of halogens is 2. The van der Waals surface area contributed by atoms with Gasteiger partial charge in [0.05, 0.1) is 14.4 Å². The number of nitrogens with zero attached hydrogens (tertiary/aromatic N) is 3. The molecule has 10 heteroatoms. The maximum atomic E-state index is 13.3. The molecule has 0 spiro atoms. The summed E-state index contributed by atoms with van der Waals surface area (Å²) in [4.78, 5) is 24.2. The predicted molar refractivity (Wildman–Crippen MR) is 111 cm³/mol. The molecule has 0 unspecified atom stereocenters. The average Bonchev–Trinajstić information content (AvgIpc) is 3.27. The number of hydrogen-bond donors (Lipinski definition) is 1. The number of benzene rings is 1. The molecule has 3 rings (SSSR count). The second-order valence-corrected chi connectivity index (χ2v) is 9.16. The number of carbonyl (C=O) groups excluding carboxylic acids is 2. The van der Waals surface area contributed by atoms with Crippen molar-refractivity contribution < 1.29 is 14.0 Å². The first-order chi connectivity index (χ1) is 13.4. The summed E-state index contributed by atoms with van der Waals surface area (Å²) < 4.78 is 16.0. The van der Waals surface area contributed by atoms with Gasteiger partial charge >= 0.3 is 0 Å². The van der Waals surface area contributed by atoms with Gasteiger partial charge in [-0.1, -0.05) is 11.8 Å². The van der Waals surface area contributed by atoms with Crippen LogP contribution in [0.25, 0.3) is 5.69 Å². The van der Waals surface area contributed by atoms with Crippen LogP contribution in [0.15, 0.2) is 45.3 Å². The Morgan fingerprint density at radius 3 is 2.61 bits per heavy atom. The van der Waals surface area contributed by atoms with Gasteiger partial charge in [0.15, 0.2) is 10.9 Å². The van der Waals surface area contributed by atoms with Gasteiger partial charge in [-0.2, -0.15) is 0 Å². The number of thiophene rings is 1. The number of thioether (sulfide) groups is 1. The Balaban J connectivity index is 1.81. The quantitative estimate of drug-likeness (QED) is 0.389. The number of amides is 1. The molecule has 0 saturated heterocycles. The number of ketones is 1. The second kappa shape index (κ2) is 9.44. The summed E-state index contributed by atoms with van der Waals surface area (Å²) in [5.41, 5.74) is 0.693. The minimum absolute atomic E-state index is 0.00541. The highest BCUT2D eigenvalue weighted by Crippen LogP contribution is 2.26. The number of aromatic nitrogens is 3. The van der Waals surface area contributed by atoms with E-state index in [9.17, 15) is 14.0 Å². The molecule has 28 heavy (non-hydrogen) atoms.